The van der Waals surface area contributed by atoms with E-state index in [1.165, 1.54) is 0 Å². The van der Waals surface area contributed by atoms with Crippen LogP contribution in [0.2, 0.25) is 0 Å². The van der Waals surface area contributed by atoms with Gasteiger partial charge in [-0.15, -0.1) is 0 Å². The number of rotatable bonds is 5. The van der Waals surface area contributed by atoms with Gasteiger partial charge in [-0.05, 0) is 60.9 Å². The number of nitrogens with two attached hydrogens (primary N) is 1. The Bertz CT molecular complexity index is 630. The smallest absolute Gasteiger partial charge is 0.193 e. The predicted octanol–water partition coefficient (Wildman–Crippen LogP) is 3.84. The van der Waals surface area contributed by atoms with Gasteiger partial charge in [-0.1, -0.05) is 13.8 Å². The molecule has 0 heterocycles. The van der Waals surface area contributed by atoms with Crippen LogP contribution in [0.4, 0.5) is 5.69 Å². The van der Waals surface area contributed by atoms with Crippen molar-refractivity contribution in [3.63, 3.8) is 0 Å². The summed E-state index contributed by atoms with van der Waals surface area (Å²) in [6.07, 6.45) is 0. The lowest BCUT2D eigenvalue weighted by molar-refractivity contribution is 0.103. The van der Waals surface area contributed by atoms with Crippen molar-refractivity contribution in [1.82, 2.24) is 0 Å². The molecule has 2 N–H and O–H groups in total. The van der Waals surface area contributed by atoms with Crippen LogP contribution in [-0.4, -0.2) is 12.4 Å². The van der Waals surface area contributed by atoms with E-state index in [0.29, 0.717) is 29.3 Å². The molecule has 0 spiro atoms. The molecule has 0 bridgehead atoms. The molecule has 0 aliphatic rings. The number of hydrogen-bond donors (Lipinski definition) is 1. The summed E-state index contributed by atoms with van der Waals surface area (Å²) in [5.74, 6) is 1.28. The molecule has 0 aliphatic carbocycles. The number of ketones is 1. The number of carbonyl (C=O) groups is 1. The van der Waals surface area contributed by atoms with Crippen LogP contribution in [0.1, 0.15) is 35.3 Å². The molecule has 3 heteroatoms. The Balaban J connectivity index is 2.20. The molecule has 0 unspecified atom stereocenters. The van der Waals surface area contributed by atoms with E-state index in [9.17, 15) is 4.79 Å². The molecule has 0 atom stereocenters. The first kappa shape index (κ1) is 15.1. The molecule has 0 fully saturated rings. The van der Waals surface area contributed by atoms with Crippen molar-refractivity contribution >= 4 is 11.5 Å². The second-order valence-electron chi connectivity index (χ2n) is 5.63. The van der Waals surface area contributed by atoms with Gasteiger partial charge in [-0.3, -0.25) is 4.79 Å². The fourth-order valence-electron chi connectivity index (χ4n) is 2.03. The highest BCUT2D eigenvalue weighted by Crippen LogP contribution is 2.21. The van der Waals surface area contributed by atoms with Gasteiger partial charge in [0.2, 0.25) is 0 Å². The Kier molecular flexibility index (Phi) is 4.63. The summed E-state index contributed by atoms with van der Waals surface area (Å²) >= 11 is 0. The largest absolute Gasteiger partial charge is 0.493 e. The fraction of sp³-hybridized carbons (Fsp3) is 0.278. The molecule has 21 heavy (non-hydrogen) atoms. The monoisotopic (exact) mass is 283 g/mol. The molecule has 0 aliphatic heterocycles. The molecule has 0 saturated heterocycles. The lowest BCUT2D eigenvalue weighted by Crippen LogP contribution is -2.07. The highest BCUT2D eigenvalue weighted by molar-refractivity contribution is 6.10. The number of carbonyl (C=O) groups excluding carboxylic acids is 1. The first-order valence-corrected chi connectivity index (χ1v) is 7.11. The molecule has 2 aromatic rings. The quantitative estimate of drug-likeness (QED) is 0.670. The van der Waals surface area contributed by atoms with E-state index in [1.54, 1.807) is 24.3 Å². The standard InChI is InChI=1S/C18H21NO2/c1-12(2)11-21-16-8-9-17(13(3)10-16)18(20)14-4-6-15(19)7-5-14/h4-10,12H,11,19H2,1-3H3. The second kappa shape index (κ2) is 6.44. The van der Waals surface area contributed by atoms with Gasteiger partial charge >= 0.3 is 0 Å². The van der Waals surface area contributed by atoms with Crippen molar-refractivity contribution in [2.75, 3.05) is 12.3 Å². The van der Waals surface area contributed by atoms with Gasteiger partial charge in [-0.2, -0.15) is 0 Å². The van der Waals surface area contributed by atoms with Crippen LogP contribution in [0.5, 0.6) is 5.75 Å². The van der Waals surface area contributed by atoms with E-state index in [0.717, 1.165) is 11.3 Å². The Morgan fingerprint density at radius 1 is 1.14 bits per heavy atom. The molecule has 0 amide bonds. The Labute approximate surface area is 125 Å². The summed E-state index contributed by atoms with van der Waals surface area (Å²) in [4.78, 5) is 12.5. The molecule has 0 aromatic heterocycles. The zero-order valence-corrected chi connectivity index (χ0v) is 12.7. The Morgan fingerprint density at radius 2 is 1.81 bits per heavy atom. The number of aryl methyl sites for hydroxylation is 1. The van der Waals surface area contributed by atoms with Crippen molar-refractivity contribution in [1.29, 1.82) is 0 Å². The van der Waals surface area contributed by atoms with Gasteiger partial charge < -0.3 is 10.5 Å². The molecular weight excluding hydrogens is 262 g/mol. The van der Waals surface area contributed by atoms with Gasteiger partial charge in [0.25, 0.3) is 0 Å². The van der Waals surface area contributed by atoms with Crippen LogP contribution in [0.25, 0.3) is 0 Å². The Morgan fingerprint density at radius 3 is 2.38 bits per heavy atom. The maximum atomic E-state index is 12.5. The summed E-state index contributed by atoms with van der Waals surface area (Å²) < 4.78 is 5.68. The van der Waals surface area contributed by atoms with Gasteiger partial charge in [-0.25, -0.2) is 0 Å². The SMILES string of the molecule is Cc1cc(OCC(C)C)ccc1C(=O)c1ccc(N)cc1. The summed E-state index contributed by atoms with van der Waals surface area (Å²) in [7, 11) is 0. The van der Waals surface area contributed by atoms with Gasteiger partial charge in [0, 0.05) is 16.8 Å². The van der Waals surface area contributed by atoms with Crippen molar-refractivity contribution in [3.05, 3.63) is 59.2 Å². The van der Waals surface area contributed by atoms with Crippen molar-refractivity contribution < 1.29 is 9.53 Å². The van der Waals surface area contributed by atoms with E-state index >= 15 is 0 Å². The third kappa shape index (κ3) is 3.85. The summed E-state index contributed by atoms with van der Waals surface area (Å²) in [6.45, 7) is 6.80. The van der Waals surface area contributed by atoms with Gasteiger partial charge in [0.05, 0.1) is 6.61 Å². The summed E-state index contributed by atoms with van der Waals surface area (Å²) in [6, 6.07) is 12.6. The van der Waals surface area contributed by atoms with Crippen molar-refractivity contribution in [2.45, 2.75) is 20.8 Å². The number of anilines is 1. The van der Waals surface area contributed by atoms with Crippen LogP contribution in [0.15, 0.2) is 42.5 Å². The lowest BCUT2D eigenvalue weighted by atomic mass is 9.99. The van der Waals surface area contributed by atoms with Crippen LogP contribution < -0.4 is 10.5 Å². The van der Waals surface area contributed by atoms with Crippen LogP contribution in [0.3, 0.4) is 0 Å². The zero-order valence-electron chi connectivity index (χ0n) is 12.7. The minimum Gasteiger partial charge on any atom is -0.493 e. The molecule has 110 valence electrons. The van der Waals surface area contributed by atoms with E-state index < -0.39 is 0 Å². The fourth-order valence-corrected chi connectivity index (χ4v) is 2.03. The zero-order chi connectivity index (χ0) is 15.4. The van der Waals surface area contributed by atoms with E-state index in [1.807, 2.05) is 25.1 Å². The summed E-state index contributed by atoms with van der Waals surface area (Å²) in [5, 5.41) is 0. The molecule has 2 rings (SSSR count). The van der Waals surface area contributed by atoms with Crippen molar-refractivity contribution in [3.8, 4) is 5.75 Å². The molecule has 3 nitrogen and oxygen atoms in total. The van der Waals surface area contributed by atoms with E-state index in [-0.39, 0.29) is 5.78 Å². The Hall–Kier alpha value is -2.29. The number of nitrogen functional groups attached to an aromatic ring is 1. The number of hydrogen-bond acceptors (Lipinski definition) is 3. The average Bonchev–Trinajstić information content (AvgIpc) is 2.45. The third-order valence-corrected chi connectivity index (χ3v) is 3.20. The topological polar surface area (TPSA) is 52.3 Å². The van der Waals surface area contributed by atoms with Gasteiger partial charge in [0.15, 0.2) is 5.78 Å². The van der Waals surface area contributed by atoms with Crippen LogP contribution in [0, 0.1) is 12.8 Å². The number of ether oxygens (including phenoxy) is 1. The third-order valence-electron chi connectivity index (χ3n) is 3.20. The average molecular weight is 283 g/mol. The maximum Gasteiger partial charge on any atom is 0.193 e. The van der Waals surface area contributed by atoms with Crippen LogP contribution >= 0.6 is 0 Å². The van der Waals surface area contributed by atoms with Crippen LogP contribution in [-0.2, 0) is 0 Å². The number of benzene rings is 2. The van der Waals surface area contributed by atoms with Crippen molar-refractivity contribution in [2.24, 2.45) is 5.92 Å². The molecule has 0 saturated carbocycles. The minimum absolute atomic E-state index is 0.00269. The van der Waals surface area contributed by atoms with E-state index in [4.69, 9.17) is 10.5 Å². The second-order valence-corrected chi connectivity index (χ2v) is 5.63. The maximum absolute atomic E-state index is 12.5. The first-order valence-electron chi connectivity index (χ1n) is 7.11. The predicted molar refractivity (Wildman–Crippen MR) is 85.8 cm³/mol. The minimum atomic E-state index is 0.00269. The van der Waals surface area contributed by atoms with E-state index in [2.05, 4.69) is 13.8 Å². The summed E-state index contributed by atoms with van der Waals surface area (Å²) in [5.41, 5.74) is 8.55. The lowest BCUT2D eigenvalue weighted by Gasteiger charge is -2.11. The molecule has 0 radical (unpaired) electrons. The first-order chi connectivity index (χ1) is 9.97. The highest BCUT2D eigenvalue weighted by Gasteiger charge is 2.12. The molecular formula is C18H21NO2. The normalized spacial score (nSPS) is 10.7. The van der Waals surface area contributed by atoms with Gasteiger partial charge in [0.1, 0.15) is 5.75 Å². The molecule has 2 aromatic carbocycles. The highest BCUT2D eigenvalue weighted by atomic mass is 16.5.